The number of carbonyl (C=O) groups excluding carboxylic acids is 2. The summed E-state index contributed by atoms with van der Waals surface area (Å²) in [4.78, 5) is 24.5. The lowest BCUT2D eigenvalue weighted by atomic mass is 10.2. The Bertz CT molecular complexity index is 988. The van der Waals surface area contributed by atoms with Crippen LogP contribution in [0.3, 0.4) is 0 Å². The van der Waals surface area contributed by atoms with Gasteiger partial charge in [0.25, 0.3) is 5.91 Å². The number of nitrogens with one attached hydrogen (secondary N) is 1. The Morgan fingerprint density at radius 1 is 1.21 bits per heavy atom. The number of rotatable bonds is 6. The fraction of sp³-hybridized carbons (Fsp3) is 0.556. The molecule has 2 heterocycles. The minimum atomic E-state index is -3.85. The number of hydrogen-bond donors (Lipinski definition) is 1. The zero-order chi connectivity index (χ0) is 21.2. The van der Waals surface area contributed by atoms with Gasteiger partial charge in [-0.25, -0.2) is 16.8 Å². The van der Waals surface area contributed by atoms with Crippen molar-refractivity contribution in [1.82, 2.24) is 9.62 Å². The highest BCUT2D eigenvalue weighted by Gasteiger charge is 2.40. The van der Waals surface area contributed by atoms with Crippen molar-refractivity contribution < 1.29 is 31.2 Å². The summed E-state index contributed by atoms with van der Waals surface area (Å²) in [5, 5.41) is 2.53. The maximum absolute atomic E-state index is 12.9. The number of amides is 1. The second-order valence-electron chi connectivity index (χ2n) is 7.36. The van der Waals surface area contributed by atoms with E-state index in [1.165, 1.54) is 12.1 Å². The van der Waals surface area contributed by atoms with Crippen molar-refractivity contribution in [1.29, 1.82) is 0 Å². The van der Waals surface area contributed by atoms with Gasteiger partial charge in [0, 0.05) is 12.6 Å². The van der Waals surface area contributed by atoms with Gasteiger partial charge in [-0.15, -0.1) is 0 Å². The smallest absolute Gasteiger partial charge is 0.324 e. The number of hydrogen-bond acceptors (Lipinski definition) is 7. The normalized spacial score (nSPS) is 24.3. The average Bonchev–Trinajstić information content (AvgIpc) is 3.27. The summed E-state index contributed by atoms with van der Waals surface area (Å²) in [5.41, 5.74) is 0.919. The molecule has 11 heteroatoms. The predicted molar refractivity (Wildman–Crippen MR) is 104 cm³/mol. The van der Waals surface area contributed by atoms with Crippen molar-refractivity contribution in [3.63, 3.8) is 0 Å². The van der Waals surface area contributed by atoms with E-state index in [0.717, 1.165) is 9.87 Å². The lowest BCUT2D eigenvalue weighted by Gasteiger charge is -2.23. The minimum absolute atomic E-state index is 0.0195. The van der Waals surface area contributed by atoms with Crippen LogP contribution in [0, 0.1) is 6.92 Å². The van der Waals surface area contributed by atoms with Gasteiger partial charge >= 0.3 is 5.97 Å². The van der Waals surface area contributed by atoms with Gasteiger partial charge in [-0.2, -0.15) is 4.31 Å². The molecule has 1 aromatic carbocycles. The maximum Gasteiger partial charge on any atom is 0.324 e. The van der Waals surface area contributed by atoms with Crippen LogP contribution in [0.1, 0.15) is 24.8 Å². The molecule has 29 heavy (non-hydrogen) atoms. The van der Waals surface area contributed by atoms with Crippen LogP contribution in [0.2, 0.25) is 0 Å². The molecule has 0 radical (unpaired) electrons. The summed E-state index contributed by atoms with van der Waals surface area (Å²) in [6, 6.07) is 4.88. The third-order valence-electron chi connectivity index (χ3n) is 5.05. The highest BCUT2D eigenvalue weighted by atomic mass is 32.2. The summed E-state index contributed by atoms with van der Waals surface area (Å²) in [6.45, 7) is 1.46. The zero-order valence-electron chi connectivity index (χ0n) is 16.0. The standard InChI is InChI=1S/C18H24N2O7S2/c1-13-4-6-15(7-5-13)29(25,26)20-9-2-3-16(20)18(22)27-11-17(21)19-14-8-10-28(23,24)12-14/h4-7,14,16H,2-3,8-12H2,1H3,(H,19,21)/t14?,16-/m0/s1. The van der Waals surface area contributed by atoms with E-state index in [1.807, 2.05) is 6.92 Å². The van der Waals surface area contributed by atoms with E-state index in [1.54, 1.807) is 12.1 Å². The average molecular weight is 445 g/mol. The van der Waals surface area contributed by atoms with Crippen molar-refractivity contribution in [3.8, 4) is 0 Å². The number of carbonyl (C=O) groups is 2. The van der Waals surface area contributed by atoms with Crippen LogP contribution >= 0.6 is 0 Å². The van der Waals surface area contributed by atoms with E-state index in [0.29, 0.717) is 19.3 Å². The monoisotopic (exact) mass is 444 g/mol. The Balaban J connectivity index is 1.58. The first-order chi connectivity index (χ1) is 13.6. The van der Waals surface area contributed by atoms with Gasteiger partial charge in [0.1, 0.15) is 6.04 Å². The Labute approximate surface area is 170 Å². The summed E-state index contributed by atoms with van der Waals surface area (Å²) >= 11 is 0. The maximum atomic E-state index is 12.9. The molecule has 1 unspecified atom stereocenters. The highest BCUT2D eigenvalue weighted by Crippen LogP contribution is 2.27. The quantitative estimate of drug-likeness (QED) is 0.612. The molecular formula is C18H24N2O7S2. The molecule has 0 aromatic heterocycles. The molecule has 2 aliphatic rings. The van der Waals surface area contributed by atoms with Crippen molar-refractivity contribution in [2.75, 3.05) is 24.7 Å². The lowest BCUT2D eigenvalue weighted by Crippen LogP contribution is -2.43. The van der Waals surface area contributed by atoms with Crippen molar-refractivity contribution in [3.05, 3.63) is 29.8 Å². The third kappa shape index (κ3) is 5.14. The van der Waals surface area contributed by atoms with Crippen LogP contribution < -0.4 is 5.32 Å². The summed E-state index contributed by atoms with van der Waals surface area (Å²) < 4.78 is 54.7. The topological polar surface area (TPSA) is 127 Å². The number of aryl methyl sites for hydroxylation is 1. The summed E-state index contributed by atoms with van der Waals surface area (Å²) in [7, 11) is -6.99. The molecule has 2 aliphatic heterocycles. The van der Waals surface area contributed by atoms with Crippen molar-refractivity contribution >= 4 is 31.7 Å². The fourth-order valence-corrected chi connectivity index (χ4v) is 6.84. The Hall–Kier alpha value is -1.98. The van der Waals surface area contributed by atoms with Crippen LogP contribution in [0.15, 0.2) is 29.2 Å². The fourth-order valence-electron chi connectivity index (χ4n) is 3.52. The highest BCUT2D eigenvalue weighted by molar-refractivity contribution is 7.91. The summed E-state index contributed by atoms with van der Waals surface area (Å²) in [5.74, 6) is -1.50. The van der Waals surface area contributed by atoms with Gasteiger partial charge < -0.3 is 10.1 Å². The SMILES string of the molecule is Cc1ccc(S(=O)(=O)N2CCC[C@H]2C(=O)OCC(=O)NC2CCS(=O)(=O)C2)cc1. The molecule has 1 aromatic rings. The number of benzene rings is 1. The molecule has 0 aliphatic carbocycles. The van der Waals surface area contributed by atoms with E-state index in [-0.39, 0.29) is 22.9 Å². The van der Waals surface area contributed by atoms with Crippen LogP contribution in [0.4, 0.5) is 0 Å². The molecule has 9 nitrogen and oxygen atoms in total. The first-order valence-corrected chi connectivity index (χ1v) is 12.6. The predicted octanol–water partition coefficient (Wildman–Crippen LogP) is -0.00538. The van der Waals surface area contributed by atoms with Gasteiger partial charge in [-0.05, 0) is 38.3 Å². The molecule has 0 saturated carbocycles. The molecule has 2 fully saturated rings. The van der Waals surface area contributed by atoms with E-state index < -0.39 is 50.4 Å². The summed E-state index contributed by atoms with van der Waals surface area (Å²) in [6.07, 6.45) is 1.15. The van der Waals surface area contributed by atoms with E-state index in [4.69, 9.17) is 4.74 Å². The largest absolute Gasteiger partial charge is 0.454 e. The first kappa shape index (κ1) is 21.7. The number of nitrogens with zero attached hydrogens (tertiary/aromatic N) is 1. The molecule has 1 N–H and O–H groups in total. The second-order valence-corrected chi connectivity index (χ2v) is 11.5. The molecule has 160 valence electrons. The number of ether oxygens (including phenoxy) is 1. The Morgan fingerprint density at radius 3 is 2.52 bits per heavy atom. The lowest BCUT2D eigenvalue weighted by molar-refractivity contribution is -0.151. The molecule has 2 saturated heterocycles. The number of sulfonamides is 1. The van der Waals surface area contributed by atoms with Crippen molar-refractivity contribution in [2.45, 2.75) is 43.2 Å². The van der Waals surface area contributed by atoms with Gasteiger partial charge in [-0.1, -0.05) is 17.7 Å². The first-order valence-electron chi connectivity index (χ1n) is 9.33. The van der Waals surface area contributed by atoms with Gasteiger partial charge in [0.15, 0.2) is 16.4 Å². The van der Waals surface area contributed by atoms with Gasteiger partial charge in [-0.3, -0.25) is 9.59 Å². The number of sulfone groups is 1. The van der Waals surface area contributed by atoms with Crippen LogP contribution in [0.5, 0.6) is 0 Å². The molecule has 0 spiro atoms. The van der Waals surface area contributed by atoms with Crippen LogP contribution in [0.25, 0.3) is 0 Å². The molecular weight excluding hydrogens is 420 g/mol. The van der Waals surface area contributed by atoms with E-state index in [2.05, 4.69) is 5.32 Å². The number of esters is 1. The second kappa shape index (κ2) is 8.41. The van der Waals surface area contributed by atoms with E-state index in [9.17, 15) is 26.4 Å². The molecule has 1 amide bonds. The Kier molecular flexibility index (Phi) is 6.30. The van der Waals surface area contributed by atoms with Gasteiger partial charge in [0.2, 0.25) is 10.0 Å². The van der Waals surface area contributed by atoms with Crippen LogP contribution in [-0.4, -0.2) is 69.8 Å². The molecule has 2 atom stereocenters. The van der Waals surface area contributed by atoms with Crippen LogP contribution in [-0.2, 0) is 34.2 Å². The minimum Gasteiger partial charge on any atom is -0.454 e. The molecule has 0 bridgehead atoms. The zero-order valence-corrected chi connectivity index (χ0v) is 17.7. The molecule has 3 rings (SSSR count). The van der Waals surface area contributed by atoms with E-state index >= 15 is 0 Å². The van der Waals surface area contributed by atoms with Gasteiger partial charge in [0.05, 0.1) is 16.4 Å². The third-order valence-corrected chi connectivity index (χ3v) is 8.74. The Morgan fingerprint density at radius 2 is 1.90 bits per heavy atom. The van der Waals surface area contributed by atoms with Crippen molar-refractivity contribution in [2.24, 2.45) is 0 Å².